The van der Waals surface area contributed by atoms with E-state index in [0.717, 1.165) is 17.4 Å². The van der Waals surface area contributed by atoms with E-state index in [1.54, 1.807) is 0 Å². The van der Waals surface area contributed by atoms with E-state index in [9.17, 15) is 0 Å². The molecule has 0 amide bonds. The van der Waals surface area contributed by atoms with Crippen LogP contribution in [0.4, 0.5) is 5.69 Å². The number of rotatable bonds is 3. The lowest BCUT2D eigenvalue weighted by Gasteiger charge is -2.15. The SMILES string of the molecule is C=P(C)(C)Cc1cc(N=C=S)c(C)cc1C. The van der Waals surface area contributed by atoms with E-state index in [-0.39, 0.29) is 0 Å². The van der Waals surface area contributed by atoms with E-state index in [4.69, 9.17) is 0 Å². The van der Waals surface area contributed by atoms with Gasteiger partial charge in [-0.1, -0.05) is 6.07 Å². The maximum absolute atomic E-state index is 4.66. The Morgan fingerprint density at radius 2 is 1.94 bits per heavy atom. The van der Waals surface area contributed by atoms with Gasteiger partial charge in [0.2, 0.25) is 0 Å². The Labute approximate surface area is 104 Å². The Balaban J connectivity index is 3.25. The van der Waals surface area contributed by atoms with Crippen molar-refractivity contribution in [1.82, 2.24) is 0 Å². The molecule has 0 aliphatic heterocycles. The highest BCUT2D eigenvalue weighted by Crippen LogP contribution is 2.41. The molecule has 1 aromatic carbocycles. The molecule has 0 radical (unpaired) electrons. The number of isothiocyanates is 1. The van der Waals surface area contributed by atoms with Crippen molar-refractivity contribution < 1.29 is 0 Å². The third-order valence-electron chi connectivity index (χ3n) is 2.42. The van der Waals surface area contributed by atoms with Gasteiger partial charge in [0.1, 0.15) is 0 Å². The predicted octanol–water partition coefficient (Wildman–Crippen LogP) is 4.25. The van der Waals surface area contributed by atoms with Crippen LogP contribution in [0.1, 0.15) is 16.7 Å². The van der Waals surface area contributed by atoms with Crippen LogP contribution in [0.2, 0.25) is 0 Å². The van der Waals surface area contributed by atoms with E-state index in [2.05, 4.69) is 61.1 Å². The van der Waals surface area contributed by atoms with Crippen molar-refractivity contribution in [3.8, 4) is 0 Å². The van der Waals surface area contributed by atoms with E-state index >= 15 is 0 Å². The number of hydrogen-bond donors (Lipinski definition) is 0. The summed E-state index contributed by atoms with van der Waals surface area (Å²) in [6.07, 6.45) is 5.30. The number of hydrogen-bond acceptors (Lipinski definition) is 2. The zero-order valence-corrected chi connectivity index (χ0v) is 12.1. The van der Waals surface area contributed by atoms with Crippen LogP contribution in [-0.2, 0) is 6.16 Å². The number of aryl methyl sites for hydroxylation is 2. The van der Waals surface area contributed by atoms with Crippen LogP contribution < -0.4 is 0 Å². The largest absolute Gasteiger partial charge is 0.194 e. The second-order valence-electron chi connectivity index (χ2n) is 4.86. The summed E-state index contributed by atoms with van der Waals surface area (Å²) in [7, 11) is 0. The zero-order chi connectivity index (χ0) is 12.3. The number of nitrogens with zero attached hydrogens (tertiary/aromatic N) is 1. The molecule has 1 nitrogen and oxygen atoms in total. The smallest absolute Gasteiger partial charge is 0.0771 e. The van der Waals surface area contributed by atoms with Gasteiger partial charge in [0.15, 0.2) is 0 Å². The summed E-state index contributed by atoms with van der Waals surface area (Å²) < 4.78 is 0. The number of aliphatic imine (C=N–C) groups is 1. The van der Waals surface area contributed by atoms with Crippen LogP contribution in [0.3, 0.4) is 0 Å². The third kappa shape index (κ3) is 3.72. The van der Waals surface area contributed by atoms with Crippen LogP contribution in [-0.4, -0.2) is 24.8 Å². The van der Waals surface area contributed by atoms with Gasteiger partial charge in [0.05, 0.1) is 10.8 Å². The van der Waals surface area contributed by atoms with Gasteiger partial charge in [-0.3, -0.25) is 0 Å². The Kier molecular flexibility index (Phi) is 4.27. The van der Waals surface area contributed by atoms with Crippen LogP contribution in [0.5, 0.6) is 0 Å². The molecule has 0 fully saturated rings. The molecule has 0 saturated heterocycles. The molecule has 16 heavy (non-hydrogen) atoms. The molecule has 0 heterocycles. The highest BCUT2D eigenvalue weighted by molar-refractivity contribution is 7.78. The molecule has 1 aromatic rings. The molecule has 1 rings (SSSR count). The Bertz CT molecular complexity index is 493. The molecule has 0 spiro atoms. The molecular weight excluding hydrogens is 233 g/mol. The minimum absolute atomic E-state index is 0.934. The monoisotopic (exact) mass is 251 g/mol. The highest BCUT2D eigenvalue weighted by atomic mass is 32.1. The van der Waals surface area contributed by atoms with E-state index in [1.165, 1.54) is 11.1 Å². The summed E-state index contributed by atoms with van der Waals surface area (Å²) in [5, 5.41) is 2.44. The molecule has 0 saturated carbocycles. The van der Waals surface area contributed by atoms with Crippen molar-refractivity contribution in [1.29, 1.82) is 0 Å². The van der Waals surface area contributed by atoms with E-state index in [0.29, 0.717) is 0 Å². The molecule has 0 N–H and O–H groups in total. The first-order chi connectivity index (χ1) is 7.33. The summed E-state index contributed by atoms with van der Waals surface area (Å²) in [5.74, 6) is 0. The molecule has 0 unspecified atom stereocenters. The molecule has 0 atom stereocenters. The minimum atomic E-state index is -1.06. The maximum atomic E-state index is 4.66. The molecule has 0 aromatic heterocycles. The minimum Gasteiger partial charge on any atom is -0.194 e. The number of thiocarbonyl (C=S) groups is 1. The van der Waals surface area contributed by atoms with Gasteiger partial charge in [-0.05, 0) is 68.3 Å². The fourth-order valence-corrected chi connectivity index (χ4v) is 3.05. The lowest BCUT2D eigenvalue weighted by atomic mass is 10.1. The molecule has 86 valence electrons. The van der Waals surface area contributed by atoms with Gasteiger partial charge < -0.3 is 0 Å². The lowest BCUT2D eigenvalue weighted by Crippen LogP contribution is -1.92. The van der Waals surface area contributed by atoms with Gasteiger partial charge >= 0.3 is 0 Å². The Hall–Kier alpha value is -0.680. The summed E-state index contributed by atoms with van der Waals surface area (Å²) in [4.78, 5) is 4.09. The first-order valence-electron chi connectivity index (χ1n) is 5.19. The molecular formula is C13H18NPS. The fraction of sp³-hybridized carbons (Fsp3) is 0.385. The summed E-state index contributed by atoms with van der Waals surface area (Å²) in [5.41, 5.74) is 4.74. The van der Waals surface area contributed by atoms with Crippen LogP contribution >= 0.6 is 19.1 Å². The maximum Gasteiger partial charge on any atom is 0.0771 e. The summed E-state index contributed by atoms with van der Waals surface area (Å²) >= 11 is 4.66. The average molecular weight is 251 g/mol. The van der Waals surface area contributed by atoms with Crippen molar-refractivity contribution in [2.45, 2.75) is 20.0 Å². The van der Waals surface area contributed by atoms with Gasteiger partial charge in [0.25, 0.3) is 0 Å². The van der Waals surface area contributed by atoms with Gasteiger partial charge in [-0.15, -0.1) is 13.2 Å². The lowest BCUT2D eigenvalue weighted by molar-refractivity contribution is 1.25. The molecule has 0 aliphatic rings. The second kappa shape index (κ2) is 5.10. The van der Waals surface area contributed by atoms with Crippen molar-refractivity contribution in [2.75, 3.05) is 13.3 Å². The van der Waals surface area contributed by atoms with Crippen LogP contribution in [0, 0.1) is 13.8 Å². The van der Waals surface area contributed by atoms with Crippen molar-refractivity contribution in [2.24, 2.45) is 4.99 Å². The van der Waals surface area contributed by atoms with Crippen molar-refractivity contribution in [3.05, 3.63) is 28.8 Å². The predicted molar refractivity (Wildman–Crippen MR) is 80.2 cm³/mol. The third-order valence-corrected chi connectivity index (χ3v) is 3.71. The normalized spacial score (nSPS) is 11.0. The Morgan fingerprint density at radius 3 is 2.44 bits per heavy atom. The Morgan fingerprint density at radius 1 is 1.31 bits per heavy atom. The second-order valence-corrected chi connectivity index (χ2v) is 9.23. The first kappa shape index (κ1) is 13.4. The molecule has 0 bridgehead atoms. The zero-order valence-electron chi connectivity index (χ0n) is 10.4. The van der Waals surface area contributed by atoms with Gasteiger partial charge in [-0.2, -0.15) is 4.99 Å². The number of benzene rings is 1. The first-order valence-corrected chi connectivity index (χ1v) is 8.65. The highest BCUT2D eigenvalue weighted by Gasteiger charge is 2.08. The van der Waals surface area contributed by atoms with Crippen LogP contribution in [0.15, 0.2) is 17.1 Å². The summed E-state index contributed by atoms with van der Waals surface area (Å²) in [6.45, 7) is 7.62. The van der Waals surface area contributed by atoms with Crippen molar-refractivity contribution >= 4 is 36.3 Å². The molecule has 3 heteroatoms. The standard InChI is InChI=1S/C13H18NPS/c1-10-6-11(2)13(14-9-16)7-12(10)8-15(3,4)5/h6-7H,3,8H2,1-2,4-5H3. The topological polar surface area (TPSA) is 12.4 Å². The summed E-state index contributed by atoms with van der Waals surface area (Å²) in [6, 6.07) is 4.29. The quantitative estimate of drug-likeness (QED) is 0.444. The van der Waals surface area contributed by atoms with Gasteiger partial charge in [-0.25, -0.2) is 0 Å². The van der Waals surface area contributed by atoms with Crippen LogP contribution in [0.25, 0.3) is 0 Å². The van der Waals surface area contributed by atoms with E-state index in [1.807, 2.05) is 6.92 Å². The average Bonchev–Trinajstić information content (AvgIpc) is 2.11. The van der Waals surface area contributed by atoms with E-state index < -0.39 is 6.89 Å². The fourth-order valence-electron chi connectivity index (χ4n) is 1.69. The molecule has 0 aliphatic carbocycles. The van der Waals surface area contributed by atoms with Gasteiger partial charge in [0, 0.05) is 0 Å². The van der Waals surface area contributed by atoms with Crippen molar-refractivity contribution in [3.63, 3.8) is 0 Å².